The van der Waals surface area contributed by atoms with Crippen LogP contribution in [-0.2, 0) is 16.2 Å². The Balaban J connectivity index is 1.82. The van der Waals surface area contributed by atoms with Crippen LogP contribution in [0.2, 0.25) is 0 Å². The molecular weight excluding hydrogens is 476 g/mol. The Bertz CT molecular complexity index is 1020. The van der Waals surface area contributed by atoms with Crippen molar-refractivity contribution in [3.63, 3.8) is 0 Å². The number of carbonyl (C=O) groups excluding carboxylic acids is 2. The maximum atomic E-state index is 13.6. The summed E-state index contributed by atoms with van der Waals surface area (Å²) in [5, 5.41) is 33.6. The maximum absolute atomic E-state index is 13.6. The van der Waals surface area contributed by atoms with E-state index in [-0.39, 0.29) is 43.5 Å². The van der Waals surface area contributed by atoms with E-state index < -0.39 is 24.2 Å². The van der Waals surface area contributed by atoms with Crippen molar-refractivity contribution >= 4 is 11.8 Å². The number of nitrogens with one attached hydrogen (secondary N) is 1. The van der Waals surface area contributed by atoms with Gasteiger partial charge in [-0.1, -0.05) is 39.5 Å². The summed E-state index contributed by atoms with van der Waals surface area (Å²) in [7, 11) is 1.50. The Morgan fingerprint density at radius 1 is 1.16 bits per heavy atom. The van der Waals surface area contributed by atoms with Crippen LogP contribution >= 0.6 is 0 Å². The largest absolute Gasteiger partial charge is 0.493 e. The van der Waals surface area contributed by atoms with Gasteiger partial charge in [0.2, 0.25) is 11.8 Å². The van der Waals surface area contributed by atoms with Gasteiger partial charge in [0, 0.05) is 29.6 Å². The van der Waals surface area contributed by atoms with Crippen LogP contribution in [0.5, 0.6) is 11.5 Å². The van der Waals surface area contributed by atoms with Crippen LogP contribution in [0.4, 0.5) is 0 Å². The third-order valence-electron chi connectivity index (χ3n) is 7.78. The van der Waals surface area contributed by atoms with E-state index in [2.05, 4.69) is 5.32 Å². The normalized spacial score (nSPS) is 25.4. The minimum Gasteiger partial charge on any atom is -0.493 e. The standard InChI is InChI=1S/C28H40N2O7/c1-16(2)28(35)30(18-8-6-4-5-7-9-18)21-14-20(27(34)29-10-11-31)23-19-12-17(15-32)13-22(36-3)25(19)37-26(23)24(21)33/h12-14,16,18,21,23-24,26,31-33H,4-11,15H2,1-3H3,(H,29,34). The second-order valence-corrected chi connectivity index (χ2v) is 10.6. The molecule has 2 amide bonds. The molecule has 0 aromatic heterocycles. The Kier molecular flexibility index (Phi) is 8.77. The maximum Gasteiger partial charge on any atom is 0.247 e. The predicted molar refractivity (Wildman–Crippen MR) is 137 cm³/mol. The SMILES string of the molecule is COc1cc(CO)cc2c1OC1C2C(C(=O)NCCO)=CC(N(C(=O)C(C)C)C2CCCCCC2)C1O. The van der Waals surface area contributed by atoms with E-state index in [4.69, 9.17) is 9.47 Å². The van der Waals surface area contributed by atoms with Crippen molar-refractivity contribution < 1.29 is 34.4 Å². The Hall–Kier alpha value is -2.62. The van der Waals surface area contributed by atoms with Crippen LogP contribution in [-0.4, -0.2) is 76.6 Å². The molecule has 1 aromatic rings. The first-order valence-electron chi connectivity index (χ1n) is 13.4. The van der Waals surface area contributed by atoms with Crippen LogP contribution in [0.25, 0.3) is 0 Å². The number of aliphatic hydroxyl groups excluding tert-OH is 3. The number of fused-ring (bicyclic) bond motifs is 3. The number of aliphatic hydroxyl groups is 3. The van der Waals surface area contributed by atoms with Gasteiger partial charge in [0.05, 0.1) is 32.3 Å². The van der Waals surface area contributed by atoms with Gasteiger partial charge < -0.3 is 35.0 Å². The molecule has 4 N–H and O–H groups in total. The number of benzene rings is 1. The van der Waals surface area contributed by atoms with E-state index in [1.165, 1.54) is 7.11 Å². The zero-order valence-corrected chi connectivity index (χ0v) is 22.0. The van der Waals surface area contributed by atoms with E-state index in [1.807, 2.05) is 13.8 Å². The Morgan fingerprint density at radius 2 is 1.86 bits per heavy atom. The molecule has 1 heterocycles. The number of hydrogen-bond donors (Lipinski definition) is 4. The molecule has 2 aliphatic carbocycles. The van der Waals surface area contributed by atoms with E-state index in [0.29, 0.717) is 28.2 Å². The van der Waals surface area contributed by atoms with E-state index in [1.54, 1.807) is 23.1 Å². The average molecular weight is 517 g/mol. The van der Waals surface area contributed by atoms with Gasteiger partial charge in [0.25, 0.3) is 0 Å². The topological polar surface area (TPSA) is 129 Å². The van der Waals surface area contributed by atoms with Crippen LogP contribution in [0, 0.1) is 5.92 Å². The molecule has 0 spiro atoms. The smallest absolute Gasteiger partial charge is 0.247 e. The number of ether oxygens (including phenoxy) is 2. The van der Waals surface area contributed by atoms with Crippen LogP contribution in [0.15, 0.2) is 23.8 Å². The van der Waals surface area contributed by atoms with Gasteiger partial charge in [-0.05, 0) is 36.6 Å². The minimum atomic E-state index is -1.08. The zero-order valence-electron chi connectivity index (χ0n) is 22.0. The van der Waals surface area contributed by atoms with Crippen LogP contribution in [0.1, 0.15) is 69.4 Å². The Labute approximate surface area is 218 Å². The minimum absolute atomic E-state index is 0.0362. The second-order valence-electron chi connectivity index (χ2n) is 10.6. The molecule has 4 rings (SSSR count). The molecule has 9 nitrogen and oxygen atoms in total. The molecule has 1 aliphatic heterocycles. The lowest BCUT2D eigenvalue weighted by Gasteiger charge is -2.44. The van der Waals surface area contributed by atoms with Crippen molar-refractivity contribution in [2.24, 2.45) is 5.92 Å². The summed E-state index contributed by atoms with van der Waals surface area (Å²) in [6.45, 7) is 3.35. The van der Waals surface area contributed by atoms with E-state index >= 15 is 0 Å². The van der Waals surface area contributed by atoms with Crippen LogP contribution < -0.4 is 14.8 Å². The van der Waals surface area contributed by atoms with Gasteiger partial charge in [-0.15, -0.1) is 0 Å². The van der Waals surface area contributed by atoms with Gasteiger partial charge in [0.15, 0.2) is 11.5 Å². The third kappa shape index (κ3) is 5.35. The van der Waals surface area contributed by atoms with E-state index in [0.717, 1.165) is 38.5 Å². The molecule has 0 saturated heterocycles. The number of methoxy groups -OCH3 is 1. The fourth-order valence-electron chi connectivity index (χ4n) is 5.99. The van der Waals surface area contributed by atoms with Crippen molar-refractivity contribution in [1.29, 1.82) is 0 Å². The molecule has 1 saturated carbocycles. The summed E-state index contributed by atoms with van der Waals surface area (Å²) in [4.78, 5) is 28.8. The first kappa shape index (κ1) is 27.4. The number of nitrogens with zero attached hydrogens (tertiary/aromatic N) is 1. The summed E-state index contributed by atoms with van der Waals surface area (Å²) in [5.74, 6) is -0.507. The summed E-state index contributed by atoms with van der Waals surface area (Å²) in [6, 6.07) is 2.66. The summed E-state index contributed by atoms with van der Waals surface area (Å²) < 4.78 is 11.8. The average Bonchev–Trinajstić information content (AvgIpc) is 3.08. The third-order valence-corrected chi connectivity index (χ3v) is 7.78. The van der Waals surface area contributed by atoms with Crippen molar-refractivity contribution in [1.82, 2.24) is 10.2 Å². The molecule has 1 fully saturated rings. The number of rotatable bonds is 8. The molecule has 37 heavy (non-hydrogen) atoms. The molecule has 4 atom stereocenters. The van der Waals surface area contributed by atoms with Gasteiger partial charge in [-0.3, -0.25) is 9.59 Å². The zero-order chi connectivity index (χ0) is 26.7. The summed E-state index contributed by atoms with van der Waals surface area (Å²) in [5.41, 5.74) is 1.62. The highest BCUT2D eigenvalue weighted by Gasteiger charge is 2.52. The fraction of sp³-hybridized carbons (Fsp3) is 0.643. The highest BCUT2D eigenvalue weighted by molar-refractivity contribution is 5.96. The molecule has 0 bridgehead atoms. The molecule has 4 unspecified atom stereocenters. The van der Waals surface area contributed by atoms with Crippen molar-refractivity contribution in [3.8, 4) is 11.5 Å². The van der Waals surface area contributed by atoms with E-state index in [9.17, 15) is 24.9 Å². The monoisotopic (exact) mass is 516 g/mol. The fourth-order valence-corrected chi connectivity index (χ4v) is 5.99. The molecule has 1 aromatic carbocycles. The van der Waals surface area contributed by atoms with Gasteiger partial charge in [0.1, 0.15) is 12.2 Å². The first-order chi connectivity index (χ1) is 17.8. The molecule has 9 heteroatoms. The predicted octanol–water partition coefficient (Wildman–Crippen LogP) is 2.02. The second kappa shape index (κ2) is 11.8. The van der Waals surface area contributed by atoms with Crippen molar-refractivity contribution in [2.45, 2.75) is 89.2 Å². The lowest BCUT2D eigenvalue weighted by atomic mass is 9.76. The van der Waals surface area contributed by atoms with Crippen LogP contribution in [0.3, 0.4) is 0 Å². The number of hydrogen-bond acceptors (Lipinski definition) is 7. The summed E-state index contributed by atoms with van der Waals surface area (Å²) >= 11 is 0. The number of carbonyl (C=O) groups is 2. The first-order valence-corrected chi connectivity index (χ1v) is 13.4. The lowest BCUT2D eigenvalue weighted by Crippen LogP contribution is -2.59. The molecule has 0 radical (unpaired) electrons. The number of amides is 2. The molecule has 3 aliphatic rings. The quantitative estimate of drug-likeness (QED) is 0.389. The Morgan fingerprint density at radius 3 is 2.46 bits per heavy atom. The summed E-state index contributed by atoms with van der Waals surface area (Å²) in [6.07, 6.45) is 5.78. The van der Waals surface area contributed by atoms with Crippen molar-refractivity contribution in [2.75, 3.05) is 20.3 Å². The highest BCUT2D eigenvalue weighted by atomic mass is 16.5. The van der Waals surface area contributed by atoms with Gasteiger partial charge in [-0.2, -0.15) is 0 Å². The molecular formula is C28H40N2O7. The van der Waals surface area contributed by atoms with Gasteiger partial charge >= 0.3 is 0 Å². The lowest BCUT2D eigenvalue weighted by molar-refractivity contribution is -0.144. The highest BCUT2D eigenvalue weighted by Crippen LogP contribution is 2.51. The molecule has 204 valence electrons. The van der Waals surface area contributed by atoms with Crippen molar-refractivity contribution in [3.05, 3.63) is 34.9 Å². The van der Waals surface area contributed by atoms with Gasteiger partial charge in [-0.25, -0.2) is 0 Å².